The number of benzene rings is 2. The third-order valence-corrected chi connectivity index (χ3v) is 3.67. The third kappa shape index (κ3) is 3.51. The van der Waals surface area contributed by atoms with E-state index in [1.165, 1.54) is 0 Å². The topological polar surface area (TPSA) is 59.9 Å². The quantitative estimate of drug-likeness (QED) is 0.944. The summed E-state index contributed by atoms with van der Waals surface area (Å²) in [6, 6.07) is 15.2. The summed E-state index contributed by atoms with van der Waals surface area (Å²) in [6.07, 6.45) is -0.156. The molecule has 0 fully saturated rings. The van der Waals surface area contributed by atoms with Gasteiger partial charge in [0.25, 0.3) is 5.91 Å². The Labute approximate surface area is 134 Å². The van der Waals surface area contributed by atoms with E-state index < -0.39 is 6.10 Å². The van der Waals surface area contributed by atoms with Crippen LogP contribution in [0, 0.1) is 6.92 Å². The lowest BCUT2D eigenvalue weighted by Gasteiger charge is -2.10. The molecule has 118 valence electrons. The van der Waals surface area contributed by atoms with E-state index in [1.807, 2.05) is 55.5 Å². The maximum Gasteiger partial charge on any atom is 0.268 e. The van der Waals surface area contributed by atoms with Gasteiger partial charge in [-0.25, -0.2) is 0 Å². The Balaban J connectivity index is 1.62. The molecule has 0 aliphatic carbocycles. The van der Waals surface area contributed by atoms with E-state index in [-0.39, 0.29) is 5.91 Å². The number of nitrogens with zero attached hydrogens (tertiary/aromatic N) is 1. The SMILES string of the molecule is COc1ccc(C2=NOC(C(=O)Nc3cccc(C)c3)C2)cc1. The van der Waals surface area contributed by atoms with E-state index in [9.17, 15) is 4.79 Å². The number of carbonyl (C=O) groups excluding carboxylic acids is 1. The van der Waals surface area contributed by atoms with Gasteiger partial charge >= 0.3 is 0 Å². The first-order valence-electron chi connectivity index (χ1n) is 7.40. The summed E-state index contributed by atoms with van der Waals surface area (Å²) in [4.78, 5) is 17.6. The number of methoxy groups -OCH3 is 1. The number of amides is 1. The number of carbonyl (C=O) groups is 1. The zero-order valence-electron chi connectivity index (χ0n) is 13.1. The molecular weight excluding hydrogens is 292 g/mol. The molecule has 0 bridgehead atoms. The van der Waals surface area contributed by atoms with E-state index in [0.717, 1.165) is 28.3 Å². The van der Waals surface area contributed by atoms with Crippen LogP contribution in [-0.4, -0.2) is 24.8 Å². The van der Waals surface area contributed by atoms with Crippen LogP contribution in [0.25, 0.3) is 0 Å². The Hall–Kier alpha value is -2.82. The number of hydrogen-bond donors (Lipinski definition) is 1. The summed E-state index contributed by atoms with van der Waals surface area (Å²) in [5.41, 5.74) is 3.54. The summed E-state index contributed by atoms with van der Waals surface area (Å²) in [6.45, 7) is 1.98. The lowest BCUT2D eigenvalue weighted by molar-refractivity contribution is -0.125. The van der Waals surface area contributed by atoms with Gasteiger partial charge in [0.1, 0.15) is 5.75 Å². The Morgan fingerprint density at radius 1 is 1.26 bits per heavy atom. The molecule has 0 saturated heterocycles. The van der Waals surface area contributed by atoms with Gasteiger partial charge in [-0.1, -0.05) is 17.3 Å². The highest BCUT2D eigenvalue weighted by molar-refractivity contribution is 6.06. The van der Waals surface area contributed by atoms with Gasteiger partial charge in [0.2, 0.25) is 6.10 Å². The molecule has 0 radical (unpaired) electrons. The van der Waals surface area contributed by atoms with Crippen LogP contribution in [0.1, 0.15) is 17.5 Å². The molecule has 0 spiro atoms. The van der Waals surface area contributed by atoms with Crippen molar-refractivity contribution in [2.75, 3.05) is 12.4 Å². The average molecular weight is 310 g/mol. The van der Waals surface area contributed by atoms with Crippen molar-refractivity contribution >= 4 is 17.3 Å². The molecule has 1 N–H and O–H groups in total. The van der Waals surface area contributed by atoms with Gasteiger partial charge in [-0.3, -0.25) is 4.79 Å². The minimum absolute atomic E-state index is 0.192. The van der Waals surface area contributed by atoms with E-state index in [2.05, 4.69) is 10.5 Å². The van der Waals surface area contributed by atoms with Crippen molar-refractivity contribution in [3.05, 3.63) is 59.7 Å². The fourth-order valence-electron chi connectivity index (χ4n) is 2.42. The number of anilines is 1. The van der Waals surface area contributed by atoms with Crippen LogP contribution in [0.2, 0.25) is 0 Å². The summed E-state index contributed by atoms with van der Waals surface area (Å²) in [7, 11) is 1.62. The smallest absolute Gasteiger partial charge is 0.268 e. The highest BCUT2D eigenvalue weighted by atomic mass is 16.6. The molecule has 5 heteroatoms. The number of oxime groups is 1. The fourth-order valence-corrected chi connectivity index (χ4v) is 2.42. The maximum atomic E-state index is 12.3. The normalized spacial score (nSPS) is 16.4. The van der Waals surface area contributed by atoms with Gasteiger partial charge in [-0.2, -0.15) is 0 Å². The van der Waals surface area contributed by atoms with Gasteiger partial charge in [0.15, 0.2) is 0 Å². The van der Waals surface area contributed by atoms with Crippen molar-refractivity contribution in [2.45, 2.75) is 19.4 Å². The predicted molar refractivity (Wildman–Crippen MR) is 88.8 cm³/mol. The number of hydrogen-bond acceptors (Lipinski definition) is 4. The molecule has 0 aromatic heterocycles. The summed E-state index contributed by atoms with van der Waals surface area (Å²) in [5, 5.41) is 6.90. The van der Waals surface area contributed by atoms with E-state index >= 15 is 0 Å². The van der Waals surface area contributed by atoms with E-state index in [1.54, 1.807) is 7.11 Å². The number of rotatable bonds is 4. The highest BCUT2D eigenvalue weighted by Crippen LogP contribution is 2.20. The van der Waals surface area contributed by atoms with Crippen molar-refractivity contribution in [2.24, 2.45) is 5.16 Å². The van der Waals surface area contributed by atoms with Crippen molar-refractivity contribution in [3.8, 4) is 5.75 Å². The van der Waals surface area contributed by atoms with Crippen LogP contribution in [0.3, 0.4) is 0 Å². The molecule has 3 rings (SSSR count). The van der Waals surface area contributed by atoms with Crippen LogP contribution in [0.4, 0.5) is 5.69 Å². The number of aryl methyl sites for hydroxylation is 1. The predicted octanol–water partition coefficient (Wildman–Crippen LogP) is 3.14. The molecule has 2 aromatic carbocycles. The molecule has 5 nitrogen and oxygen atoms in total. The van der Waals surface area contributed by atoms with Crippen molar-refractivity contribution in [1.82, 2.24) is 0 Å². The zero-order valence-corrected chi connectivity index (χ0v) is 13.1. The average Bonchev–Trinajstić information content (AvgIpc) is 3.05. The largest absolute Gasteiger partial charge is 0.497 e. The number of ether oxygens (including phenoxy) is 1. The summed E-state index contributed by atoms with van der Waals surface area (Å²) in [5.74, 6) is 0.588. The molecule has 0 saturated carbocycles. The molecular formula is C18H18N2O3. The summed E-state index contributed by atoms with van der Waals surface area (Å²) < 4.78 is 5.13. The molecule has 1 heterocycles. The monoisotopic (exact) mass is 310 g/mol. The van der Waals surface area contributed by atoms with Gasteiger partial charge in [-0.05, 0) is 54.4 Å². The summed E-state index contributed by atoms with van der Waals surface area (Å²) >= 11 is 0. The Morgan fingerprint density at radius 2 is 2.04 bits per heavy atom. The van der Waals surface area contributed by atoms with Gasteiger partial charge < -0.3 is 14.9 Å². The Bertz CT molecular complexity index is 738. The second kappa shape index (κ2) is 6.52. The first kappa shape index (κ1) is 15.1. The van der Waals surface area contributed by atoms with Crippen LogP contribution in [0.15, 0.2) is 53.7 Å². The second-order valence-electron chi connectivity index (χ2n) is 5.42. The van der Waals surface area contributed by atoms with Crippen LogP contribution < -0.4 is 10.1 Å². The molecule has 2 aromatic rings. The van der Waals surface area contributed by atoms with Gasteiger partial charge in [-0.15, -0.1) is 0 Å². The highest BCUT2D eigenvalue weighted by Gasteiger charge is 2.28. The van der Waals surface area contributed by atoms with Crippen LogP contribution in [0.5, 0.6) is 5.75 Å². The fraction of sp³-hybridized carbons (Fsp3) is 0.222. The molecule has 1 aliphatic rings. The molecule has 1 unspecified atom stereocenters. The minimum Gasteiger partial charge on any atom is -0.497 e. The standard InChI is InChI=1S/C18H18N2O3/c1-12-4-3-5-14(10-12)19-18(21)17-11-16(20-23-17)13-6-8-15(22-2)9-7-13/h3-10,17H,11H2,1-2H3,(H,19,21). The Morgan fingerprint density at radius 3 is 2.74 bits per heavy atom. The molecule has 23 heavy (non-hydrogen) atoms. The van der Waals surface area contributed by atoms with E-state index in [0.29, 0.717) is 6.42 Å². The third-order valence-electron chi connectivity index (χ3n) is 3.67. The number of nitrogens with one attached hydrogen (secondary N) is 1. The lowest BCUT2D eigenvalue weighted by Crippen LogP contribution is -2.28. The first-order chi connectivity index (χ1) is 11.2. The molecule has 1 aliphatic heterocycles. The van der Waals surface area contributed by atoms with E-state index in [4.69, 9.17) is 9.57 Å². The maximum absolute atomic E-state index is 12.3. The zero-order chi connectivity index (χ0) is 16.2. The first-order valence-corrected chi connectivity index (χ1v) is 7.40. The molecule has 1 atom stereocenters. The van der Waals surface area contributed by atoms with Gasteiger partial charge in [0, 0.05) is 12.1 Å². The second-order valence-corrected chi connectivity index (χ2v) is 5.42. The van der Waals surface area contributed by atoms with Crippen molar-refractivity contribution in [3.63, 3.8) is 0 Å². The Kier molecular flexibility index (Phi) is 4.28. The lowest BCUT2D eigenvalue weighted by atomic mass is 10.0. The molecule has 1 amide bonds. The van der Waals surface area contributed by atoms with Gasteiger partial charge in [0.05, 0.1) is 12.8 Å². The minimum atomic E-state index is -0.604. The van der Waals surface area contributed by atoms with Crippen molar-refractivity contribution < 1.29 is 14.4 Å². The van der Waals surface area contributed by atoms with Crippen LogP contribution in [-0.2, 0) is 9.63 Å². The van der Waals surface area contributed by atoms with Crippen molar-refractivity contribution in [1.29, 1.82) is 0 Å². The van der Waals surface area contributed by atoms with Crippen LogP contribution >= 0.6 is 0 Å².